The Hall–Kier alpha value is -2.10. The Labute approximate surface area is 169 Å². The molecule has 0 saturated carbocycles. The normalized spacial score (nSPS) is 13.5. The molecule has 1 aliphatic rings. The fraction of sp³-hybridized carbons (Fsp3) is 0.421. The van der Waals surface area contributed by atoms with Crippen molar-refractivity contribution in [3.63, 3.8) is 0 Å². The van der Waals surface area contributed by atoms with Gasteiger partial charge in [-0.2, -0.15) is 0 Å². The minimum Gasteiger partial charge on any atom is -0.486 e. The molecule has 1 N–H and O–H groups in total. The van der Waals surface area contributed by atoms with Crippen molar-refractivity contribution in [3.8, 4) is 21.9 Å². The second-order valence-electron chi connectivity index (χ2n) is 6.39. The number of benzene rings is 1. The summed E-state index contributed by atoms with van der Waals surface area (Å²) in [5, 5.41) is 2.85. The van der Waals surface area contributed by atoms with Crippen molar-refractivity contribution in [3.05, 3.63) is 35.2 Å². The number of carbonyl (C=O) groups is 1. The van der Waals surface area contributed by atoms with Crippen LogP contribution < -0.4 is 14.8 Å². The minimum absolute atomic E-state index is 0.156. The highest BCUT2D eigenvalue weighted by Crippen LogP contribution is 2.36. The molecule has 0 bridgehead atoms. The molecule has 1 aromatic heterocycles. The lowest BCUT2D eigenvalue weighted by molar-refractivity contribution is 0.0957. The van der Waals surface area contributed by atoms with Crippen molar-refractivity contribution in [1.29, 1.82) is 0 Å². The number of fused-ring (bicyclic) bond motifs is 1. The van der Waals surface area contributed by atoms with Gasteiger partial charge in [0.15, 0.2) is 11.5 Å². The third kappa shape index (κ3) is 5.03. The van der Waals surface area contributed by atoms with Gasteiger partial charge in [-0.15, -0.1) is 11.3 Å². The van der Waals surface area contributed by atoms with E-state index >= 15 is 0 Å². The number of amides is 1. The predicted octanol–water partition coefficient (Wildman–Crippen LogP) is 2.59. The van der Waals surface area contributed by atoms with Crippen molar-refractivity contribution in [1.82, 2.24) is 9.62 Å². The van der Waals surface area contributed by atoms with Gasteiger partial charge in [0.1, 0.15) is 13.2 Å². The second-order valence-corrected chi connectivity index (χ2v) is 9.45. The molecule has 7 nitrogen and oxygen atoms in total. The highest BCUT2D eigenvalue weighted by Gasteiger charge is 2.16. The van der Waals surface area contributed by atoms with E-state index in [0.717, 1.165) is 21.9 Å². The van der Waals surface area contributed by atoms with Crippen LogP contribution in [-0.2, 0) is 10.0 Å². The van der Waals surface area contributed by atoms with E-state index in [4.69, 9.17) is 9.47 Å². The summed E-state index contributed by atoms with van der Waals surface area (Å²) in [4.78, 5) is 13.9. The molecule has 0 saturated heterocycles. The average molecular weight is 425 g/mol. The van der Waals surface area contributed by atoms with E-state index in [-0.39, 0.29) is 5.91 Å². The van der Waals surface area contributed by atoms with Gasteiger partial charge in [0.2, 0.25) is 10.0 Å². The summed E-state index contributed by atoms with van der Waals surface area (Å²) < 4.78 is 35.7. The van der Waals surface area contributed by atoms with Gasteiger partial charge in [-0.05, 0) is 42.3 Å². The molecule has 0 aliphatic carbocycles. The maximum absolute atomic E-state index is 12.4. The number of sulfonamides is 1. The molecule has 9 heteroatoms. The molecule has 2 aromatic rings. The molecule has 28 heavy (non-hydrogen) atoms. The van der Waals surface area contributed by atoms with Crippen LogP contribution in [0, 0.1) is 0 Å². The van der Waals surface area contributed by atoms with Gasteiger partial charge in [-0.3, -0.25) is 4.79 Å². The van der Waals surface area contributed by atoms with E-state index < -0.39 is 10.0 Å². The number of nitrogens with zero attached hydrogens (tertiary/aromatic N) is 1. The largest absolute Gasteiger partial charge is 0.486 e. The fourth-order valence-electron chi connectivity index (χ4n) is 2.91. The Morgan fingerprint density at radius 1 is 1.18 bits per heavy atom. The molecule has 0 unspecified atom stereocenters. The molecule has 0 radical (unpaired) electrons. The summed E-state index contributed by atoms with van der Waals surface area (Å²) in [5.41, 5.74) is 0.972. The average Bonchev–Trinajstić information content (AvgIpc) is 3.16. The third-order valence-corrected chi connectivity index (χ3v) is 6.86. The molecule has 1 aromatic carbocycles. The first-order valence-electron chi connectivity index (χ1n) is 9.11. The Morgan fingerprint density at radius 3 is 2.64 bits per heavy atom. The first-order valence-corrected chi connectivity index (χ1v) is 11.8. The van der Waals surface area contributed by atoms with Gasteiger partial charge in [-0.1, -0.05) is 6.92 Å². The molecule has 1 aliphatic heterocycles. The maximum atomic E-state index is 12.4. The van der Waals surface area contributed by atoms with Crippen molar-refractivity contribution >= 4 is 27.3 Å². The number of nitrogens with one attached hydrogen (secondary N) is 1. The zero-order chi connectivity index (χ0) is 20.1. The van der Waals surface area contributed by atoms with Crippen LogP contribution in [0.15, 0.2) is 30.3 Å². The number of thiophene rings is 1. The van der Waals surface area contributed by atoms with Gasteiger partial charge in [0.05, 0.1) is 11.1 Å². The van der Waals surface area contributed by atoms with Crippen molar-refractivity contribution in [2.45, 2.75) is 13.3 Å². The van der Waals surface area contributed by atoms with Crippen LogP contribution >= 0.6 is 11.3 Å². The number of hydrogen-bond donors (Lipinski definition) is 1. The van der Waals surface area contributed by atoms with Gasteiger partial charge in [0, 0.05) is 24.5 Å². The van der Waals surface area contributed by atoms with E-state index in [0.29, 0.717) is 44.1 Å². The molecule has 0 atom stereocenters. The van der Waals surface area contributed by atoms with Crippen LogP contribution in [0.3, 0.4) is 0 Å². The lowest BCUT2D eigenvalue weighted by Crippen LogP contribution is -2.33. The third-order valence-electron chi connectivity index (χ3n) is 4.35. The Balaban J connectivity index is 1.56. The van der Waals surface area contributed by atoms with E-state index in [1.165, 1.54) is 21.9 Å². The topological polar surface area (TPSA) is 84.9 Å². The van der Waals surface area contributed by atoms with Crippen molar-refractivity contribution in [2.24, 2.45) is 0 Å². The van der Waals surface area contributed by atoms with Crippen LogP contribution in [0.5, 0.6) is 11.5 Å². The fourth-order valence-corrected chi connectivity index (χ4v) is 4.76. The minimum atomic E-state index is -3.20. The lowest BCUT2D eigenvalue weighted by atomic mass is 10.1. The summed E-state index contributed by atoms with van der Waals surface area (Å²) in [6.45, 7) is 4.12. The molecule has 0 spiro atoms. The Kier molecular flexibility index (Phi) is 6.58. The summed E-state index contributed by atoms with van der Waals surface area (Å²) in [7, 11) is -3.20. The van der Waals surface area contributed by atoms with E-state index in [9.17, 15) is 13.2 Å². The molecule has 0 fully saturated rings. The molecule has 3 rings (SSSR count). The van der Waals surface area contributed by atoms with Crippen molar-refractivity contribution < 1.29 is 22.7 Å². The second kappa shape index (κ2) is 8.93. The molecule has 2 heterocycles. The van der Waals surface area contributed by atoms with Gasteiger partial charge >= 0.3 is 0 Å². The Bertz CT molecular complexity index is 940. The maximum Gasteiger partial charge on any atom is 0.261 e. The van der Waals surface area contributed by atoms with Crippen molar-refractivity contribution in [2.75, 3.05) is 39.1 Å². The van der Waals surface area contributed by atoms with Gasteiger partial charge < -0.3 is 14.8 Å². The quantitative estimate of drug-likeness (QED) is 0.659. The van der Waals surface area contributed by atoms with Crippen LogP contribution in [0.4, 0.5) is 0 Å². The molecular weight excluding hydrogens is 400 g/mol. The number of hydrogen-bond acceptors (Lipinski definition) is 6. The highest BCUT2D eigenvalue weighted by molar-refractivity contribution is 7.88. The SMILES string of the molecule is CCN(CCCNC(=O)c1ccc(-c2ccc3c(c2)OCCO3)s1)S(C)(=O)=O. The zero-order valence-corrected chi connectivity index (χ0v) is 17.6. The predicted molar refractivity (Wildman–Crippen MR) is 110 cm³/mol. The smallest absolute Gasteiger partial charge is 0.261 e. The summed E-state index contributed by atoms with van der Waals surface area (Å²) >= 11 is 1.40. The number of ether oxygens (including phenoxy) is 2. The van der Waals surface area contributed by atoms with E-state index in [1.807, 2.05) is 24.3 Å². The standard InChI is InChI=1S/C19H24N2O5S2/c1-3-21(28(2,23)24)10-4-9-20-19(22)18-8-7-17(27-18)14-5-6-15-16(13-14)26-12-11-25-15/h5-8,13H,3-4,9-12H2,1-2H3,(H,20,22). The van der Waals surface area contributed by atoms with E-state index in [1.54, 1.807) is 13.0 Å². The van der Waals surface area contributed by atoms with Crippen LogP contribution in [0.25, 0.3) is 10.4 Å². The summed E-state index contributed by atoms with van der Waals surface area (Å²) in [5.74, 6) is 1.30. The first kappa shape index (κ1) is 20.6. The van der Waals surface area contributed by atoms with Crippen LogP contribution in [0.2, 0.25) is 0 Å². The Morgan fingerprint density at radius 2 is 1.93 bits per heavy atom. The molecular formula is C19H24N2O5S2. The van der Waals surface area contributed by atoms with E-state index in [2.05, 4.69) is 5.32 Å². The first-order chi connectivity index (χ1) is 13.4. The number of rotatable bonds is 8. The van der Waals surface area contributed by atoms with Gasteiger partial charge in [-0.25, -0.2) is 12.7 Å². The van der Waals surface area contributed by atoms with Gasteiger partial charge in [0.25, 0.3) is 5.91 Å². The summed E-state index contributed by atoms with van der Waals surface area (Å²) in [6.07, 6.45) is 1.76. The monoisotopic (exact) mass is 424 g/mol. The summed E-state index contributed by atoms with van der Waals surface area (Å²) in [6, 6.07) is 9.46. The molecule has 152 valence electrons. The lowest BCUT2D eigenvalue weighted by Gasteiger charge is -2.18. The van der Waals surface area contributed by atoms with Crippen LogP contribution in [-0.4, -0.2) is 57.7 Å². The number of carbonyl (C=O) groups excluding carboxylic acids is 1. The highest BCUT2D eigenvalue weighted by atomic mass is 32.2. The molecule has 1 amide bonds. The zero-order valence-electron chi connectivity index (χ0n) is 15.9. The van der Waals surface area contributed by atoms with Crippen LogP contribution in [0.1, 0.15) is 23.0 Å².